The zero-order valence-corrected chi connectivity index (χ0v) is 11.6. The summed E-state index contributed by atoms with van der Waals surface area (Å²) in [5, 5.41) is 0. The number of rotatable bonds is 5. The van der Waals surface area contributed by atoms with Crippen LogP contribution in [0.5, 0.6) is 0 Å². The highest BCUT2D eigenvalue weighted by Crippen LogP contribution is 2.06. The average Bonchev–Trinajstić information content (AvgIpc) is 2.75. The molecular formula is C15H19N3O. The molecule has 0 aliphatic carbocycles. The van der Waals surface area contributed by atoms with Gasteiger partial charge in [0.15, 0.2) is 5.78 Å². The van der Waals surface area contributed by atoms with Crippen molar-refractivity contribution in [1.82, 2.24) is 14.5 Å². The summed E-state index contributed by atoms with van der Waals surface area (Å²) in [6.45, 7) is 3.08. The lowest BCUT2D eigenvalue weighted by molar-refractivity contribution is 0.0941. The highest BCUT2D eigenvalue weighted by Gasteiger charge is 2.11. The molecule has 2 aromatic rings. The fourth-order valence-electron chi connectivity index (χ4n) is 1.92. The second kappa shape index (κ2) is 5.80. The SMILES string of the molecule is Cc1ccc(C(=O)CN(C)Cc2nccn2C)cc1. The Morgan fingerprint density at radius 1 is 1.32 bits per heavy atom. The molecule has 0 amide bonds. The highest BCUT2D eigenvalue weighted by atomic mass is 16.1. The zero-order chi connectivity index (χ0) is 13.8. The summed E-state index contributed by atoms with van der Waals surface area (Å²) in [6, 6.07) is 7.69. The van der Waals surface area contributed by atoms with Crippen molar-refractivity contribution in [3.63, 3.8) is 0 Å². The summed E-state index contributed by atoms with van der Waals surface area (Å²) in [4.78, 5) is 18.3. The number of likely N-dealkylation sites (N-methyl/N-ethyl adjacent to an activating group) is 1. The van der Waals surface area contributed by atoms with Gasteiger partial charge in [0, 0.05) is 25.0 Å². The molecule has 0 spiro atoms. The topological polar surface area (TPSA) is 38.1 Å². The predicted octanol–water partition coefficient (Wildman–Crippen LogP) is 2.04. The number of aryl methyl sites for hydroxylation is 2. The van der Waals surface area contributed by atoms with E-state index in [0.29, 0.717) is 13.1 Å². The van der Waals surface area contributed by atoms with E-state index in [9.17, 15) is 4.79 Å². The smallest absolute Gasteiger partial charge is 0.176 e. The van der Waals surface area contributed by atoms with Gasteiger partial charge in [-0.25, -0.2) is 4.98 Å². The average molecular weight is 257 g/mol. The quantitative estimate of drug-likeness (QED) is 0.769. The van der Waals surface area contributed by atoms with Gasteiger partial charge in [0.2, 0.25) is 0 Å². The Hall–Kier alpha value is -1.94. The van der Waals surface area contributed by atoms with Gasteiger partial charge in [-0.15, -0.1) is 0 Å². The maximum atomic E-state index is 12.1. The Morgan fingerprint density at radius 3 is 2.58 bits per heavy atom. The van der Waals surface area contributed by atoms with Gasteiger partial charge in [-0.2, -0.15) is 0 Å². The van der Waals surface area contributed by atoms with Gasteiger partial charge in [-0.3, -0.25) is 9.69 Å². The van der Waals surface area contributed by atoms with E-state index in [1.165, 1.54) is 0 Å². The van der Waals surface area contributed by atoms with E-state index in [0.717, 1.165) is 17.0 Å². The monoisotopic (exact) mass is 257 g/mol. The van der Waals surface area contributed by atoms with Crippen LogP contribution in [-0.2, 0) is 13.6 Å². The molecular weight excluding hydrogens is 238 g/mol. The molecule has 19 heavy (non-hydrogen) atoms. The number of Topliss-reactive ketones (excluding diaryl/α,β-unsaturated/α-hetero) is 1. The number of imidazole rings is 1. The molecule has 0 unspecified atom stereocenters. The standard InChI is InChI=1S/C15H19N3O/c1-12-4-6-13(7-5-12)14(19)10-17(2)11-15-16-8-9-18(15)3/h4-9H,10-11H2,1-3H3. The van der Waals surface area contributed by atoms with E-state index in [1.807, 2.05) is 60.9 Å². The van der Waals surface area contributed by atoms with Crippen molar-refractivity contribution >= 4 is 5.78 Å². The number of ketones is 1. The lowest BCUT2D eigenvalue weighted by Crippen LogP contribution is -2.26. The van der Waals surface area contributed by atoms with Crippen LogP contribution in [-0.4, -0.2) is 33.8 Å². The van der Waals surface area contributed by atoms with Crippen LogP contribution in [0.4, 0.5) is 0 Å². The van der Waals surface area contributed by atoms with Crippen LogP contribution in [0.1, 0.15) is 21.7 Å². The molecule has 0 aliphatic heterocycles. The molecule has 0 fully saturated rings. The molecule has 4 nitrogen and oxygen atoms in total. The summed E-state index contributed by atoms with van der Waals surface area (Å²) in [5.41, 5.74) is 1.93. The fourth-order valence-corrected chi connectivity index (χ4v) is 1.92. The molecule has 4 heteroatoms. The number of aromatic nitrogens is 2. The van der Waals surface area contributed by atoms with Gasteiger partial charge in [-0.1, -0.05) is 29.8 Å². The van der Waals surface area contributed by atoms with Gasteiger partial charge in [0.25, 0.3) is 0 Å². The molecule has 2 rings (SSSR count). The molecule has 0 atom stereocenters. The summed E-state index contributed by atoms with van der Waals surface area (Å²) in [5.74, 6) is 1.09. The third kappa shape index (κ3) is 3.51. The fraction of sp³-hybridized carbons (Fsp3) is 0.333. The minimum absolute atomic E-state index is 0.136. The molecule has 0 aliphatic rings. The summed E-state index contributed by atoms with van der Waals surface area (Å²) < 4.78 is 1.97. The van der Waals surface area contributed by atoms with Crippen LogP contribution in [0, 0.1) is 6.92 Å². The number of hydrogen-bond acceptors (Lipinski definition) is 3. The van der Waals surface area contributed by atoms with Crippen LogP contribution in [0.15, 0.2) is 36.7 Å². The van der Waals surface area contributed by atoms with Crippen LogP contribution < -0.4 is 0 Å². The van der Waals surface area contributed by atoms with Gasteiger partial charge in [0.05, 0.1) is 13.1 Å². The van der Waals surface area contributed by atoms with Gasteiger partial charge in [0.1, 0.15) is 5.82 Å². The molecule has 0 radical (unpaired) electrons. The van der Waals surface area contributed by atoms with E-state index in [4.69, 9.17) is 0 Å². The number of hydrogen-bond donors (Lipinski definition) is 0. The van der Waals surface area contributed by atoms with E-state index in [2.05, 4.69) is 4.98 Å². The van der Waals surface area contributed by atoms with Crippen molar-refractivity contribution in [3.05, 3.63) is 53.6 Å². The Bertz CT molecular complexity index is 557. The molecule has 0 bridgehead atoms. The summed E-state index contributed by atoms with van der Waals surface area (Å²) in [6.07, 6.45) is 3.68. The van der Waals surface area contributed by atoms with E-state index >= 15 is 0 Å². The molecule has 1 aromatic heterocycles. The number of benzene rings is 1. The lowest BCUT2D eigenvalue weighted by Gasteiger charge is -2.15. The van der Waals surface area contributed by atoms with Crippen molar-refractivity contribution in [3.8, 4) is 0 Å². The third-order valence-electron chi connectivity index (χ3n) is 3.12. The third-order valence-corrected chi connectivity index (χ3v) is 3.12. The summed E-state index contributed by atoms with van der Waals surface area (Å²) >= 11 is 0. The highest BCUT2D eigenvalue weighted by molar-refractivity contribution is 5.97. The minimum atomic E-state index is 0.136. The molecule has 0 N–H and O–H groups in total. The molecule has 0 saturated carbocycles. The van der Waals surface area contributed by atoms with E-state index in [-0.39, 0.29) is 5.78 Å². The Labute approximate surface area is 113 Å². The van der Waals surface area contributed by atoms with E-state index < -0.39 is 0 Å². The first-order valence-electron chi connectivity index (χ1n) is 6.31. The first-order chi connectivity index (χ1) is 9.06. The maximum absolute atomic E-state index is 12.1. The first kappa shape index (κ1) is 13.5. The van der Waals surface area contributed by atoms with Gasteiger partial charge >= 0.3 is 0 Å². The molecule has 1 heterocycles. The molecule has 100 valence electrons. The maximum Gasteiger partial charge on any atom is 0.176 e. The van der Waals surface area contributed by atoms with Crippen molar-refractivity contribution in [1.29, 1.82) is 0 Å². The Morgan fingerprint density at radius 2 is 2.00 bits per heavy atom. The zero-order valence-electron chi connectivity index (χ0n) is 11.6. The molecule has 0 saturated heterocycles. The number of carbonyl (C=O) groups is 1. The van der Waals surface area contributed by atoms with Crippen LogP contribution >= 0.6 is 0 Å². The second-order valence-electron chi connectivity index (χ2n) is 4.92. The largest absolute Gasteiger partial charge is 0.337 e. The number of nitrogens with zero attached hydrogens (tertiary/aromatic N) is 3. The van der Waals surface area contributed by atoms with E-state index in [1.54, 1.807) is 6.20 Å². The van der Waals surface area contributed by atoms with Gasteiger partial charge < -0.3 is 4.57 Å². The lowest BCUT2D eigenvalue weighted by atomic mass is 10.1. The van der Waals surface area contributed by atoms with Crippen molar-refractivity contribution in [2.75, 3.05) is 13.6 Å². The van der Waals surface area contributed by atoms with Crippen molar-refractivity contribution in [2.45, 2.75) is 13.5 Å². The van der Waals surface area contributed by atoms with Crippen LogP contribution in [0.2, 0.25) is 0 Å². The second-order valence-corrected chi connectivity index (χ2v) is 4.92. The predicted molar refractivity (Wildman–Crippen MR) is 75.1 cm³/mol. The Balaban J connectivity index is 1.95. The van der Waals surface area contributed by atoms with Crippen LogP contribution in [0.3, 0.4) is 0 Å². The van der Waals surface area contributed by atoms with Crippen LogP contribution in [0.25, 0.3) is 0 Å². The van der Waals surface area contributed by atoms with Crippen molar-refractivity contribution in [2.24, 2.45) is 7.05 Å². The number of carbonyl (C=O) groups excluding carboxylic acids is 1. The Kier molecular flexibility index (Phi) is 4.12. The first-order valence-corrected chi connectivity index (χ1v) is 6.31. The van der Waals surface area contributed by atoms with Gasteiger partial charge in [-0.05, 0) is 14.0 Å². The van der Waals surface area contributed by atoms with Crippen molar-refractivity contribution < 1.29 is 4.79 Å². The normalized spacial score (nSPS) is 10.9. The summed E-state index contributed by atoms with van der Waals surface area (Å²) in [7, 11) is 3.89. The minimum Gasteiger partial charge on any atom is -0.337 e. The molecule has 1 aromatic carbocycles.